The van der Waals surface area contributed by atoms with Crippen LogP contribution in [0.3, 0.4) is 0 Å². The van der Waals surface area contributed by atoms with Crippen molar-refractivity contribution in [2.45, 2.75) is 38.7 Å². The van der Waals surface area contributed by atoms with Gasteiger partial charge in [-0.2, -0.15) is 0 Å². The van der Waals surface area contributed by atoms with Crippen molar-refractivity contribution in [1.82, 2.24) is 0 Å². The summed E-state index contributed by atoms with van der Waals surface area (Å²) in [6.07, 6.45) is 6.79. The maximum absolute atomic E-state index is 5.70. The van der Waals surface area contributed by atoms with E-state index in [1.54, 1.807) is 0 Å². The van der Waals surface area contributed by atoms with Gasteiger partial charge in [-0.3, -0.25) is 0 Å². The SMILES string of the molecule is c1ccc(COCCOCCOCCOCCOCC2CCCCC2)cc1. The summed E-state index contributed by atoms with van der Waals surface area (Å²) in [5, 5.41) is 0. The second-order valence-corrected chi connectivity index (χ2v) is 6.95. The lowest BCUT2D eigenvalue weighted by Gasteiger charge is -2.21. The highest BCUT2D eigenvalue weighted by atomic mass is 16.6. The van der Waals surface area contributed by atoms with E-state index < -0.39 is 0 Å². The monoisotopic (exact) mass is 380 g/mol. The van der Waals surface area contributed by atoms with E-state index in [0.29, 0.717) is 59.5 Å². The fourth-order valence-corrected chi connectivity index (χ4v) is 3.15. The summed E-state index contributed by atoms with van der Waals surface area (Å²) in [5.74, 6) is 0.769. The van der Waals surface area contributed by atoms with E-state index in [1.807, 2.05) is 18.2 Å². The van der Waals surface area contributed by atoms with Crippen LogP contribution in [0, 0.1) is 5.92 Å². The molecule has 2 rings (SSSR count). The van der Waals surface area contributed by atoms with Gasteiger partial charge in [0.25, 0.3) is 0 Å². The predicted octanol–water partition coefficient (Wildman–Crippen LogP) is 3.85. The highest BCUT2D eigenvalue weighted by Crippen LogP contribution is 2.23. The highest BCUT2D eigenvalue weighted by Gasteiger charge is 2.12. The Morgan fingerprint density at radius 3 is 1.70 bits per heavy atom. The molecule has 0 saturated heterocycles. The zero-order valence-corrected chi connectivity index (χ0v) is 16.6. The summed E-state index contributed by atoms with van der Waals surface area (Å²) in [6.45, 7) is 6.40. The Hall–Kier alpha value is -0.980. The fourth-order valence-electron chi connectivity index (χ4n) is 3.15. The molecule has 0 bridgehead atoms. The van der Waals surface area contributed by atoms with Crippen LogP contribution >= 0.6 is 0 Å². The van der Waals surface area contributed by atoms with Gasteiger partial charge in [-0.25, -0.2) is 0 Å². The topological polar surface area (TPSA) is 46.2 Å². The molecular weight excluding hydrogens is 344 g/mol. The van der Waals surface area contributed by atoms with Crippen LogP contribution in [0.1, 0.15) is 37.7 Å². The van der Waals surface area contributed by atoms with Crippen molar-refractivity contribution in [3.05, 3.63) is 35.9 Å². The Bertz CT molecular complexity index is 434. The molecule has 1 fully saturated rings. The van der Waals surface area contributed by atoms with Crippen LogP contribution < -0.4 is 0 Å². The van der Waals surface area contributed by atoms with Crippen LogP contribution in [0.4, 0.5) is 0 Å². The van der Waals surface area contributed by atoms with Gasteiger partial charge in [0, 0.05) is 6.61 Å². The molecule has 0 spiro atoms. The Morgan fingerprint density at radius 1 is 0.593 bits per heavy atom. The van der Waals surface area contributed by atoms with Crippen molar-refractivity contribution in [3.8, 4) is 0 Å². The molecule has 0 heterocycles. The van der Waals surface area contributed by atoms with Gasteiger partial charge in [0.1, 0.15) is 0 Å². The second kappa shape index (κ2) is 16.0. The summed E-state index contributed by atoms with van der Waals surface area (Å²) >= 11 is 0. The third kappa shape index (κ3) is 12.2. The molecule has 0 amide bonds. The van der Waals surface area contributed by atoms with Gasteiger partial charge in [-0.05, 0) is 24.3 Å². The quantitative estimate of drug-likeness (QED) is 0.408. The average molecular weight is 381 g/mol. The summed E-state index contributed by atoms with van der Waals surface area (Å²) in [7, 11) is 0. The molecule has 27 heavy (non-hydrogen) atoms. The Morgan fingerprint density at radius 2 is 1.11 bits per heavy atom. The molecule has 0 radical (unpaired) electrons. The van der Waals surface area contributed by atoms with Crippen LogP contribution in [0.15, 0.2) is 30.3 Å². The van der Waals surface area contributed by atoms with Gasteiger partial charge in [0.15, 0.2) is 0 Å². The minimum atomic E-state index is 0.583. The molecule has 0 aromatic heterocycles. The first-order chi connectivity index (χ1) is 13.4. The summed E-state index contributed by atoms with van der Waals surface area (Å²) < 4.78 is 27.7. The molecule has 0 unspecified atom stereocenters. The van der Waals surface area contributed by atoms with Gasteiger partial charge >= 0.3 is 0 Å². The molecule has 5 heteroatoms. The first kappa shape index (κ1) is 22.3. The van der Waals surface area contributed by atoms with Crippen molar-refractivity contribution in [2.75, 3.05) is 59.5 Å². The number of ether oxygens (including phenoxy) is 5. The molecule has 0 N–H and O–H groups in total. The summed E-state index contributed by atoms with van der Waals surface area (Å²) in [6, 6.07) is 10.1. The van der Waals surface area contributed by atoms with E-state index >= 15 is 0 Å². The van der Waals surface area contributed by atoms with Gasteiger partial charge in [0.05, 0.1) is 59.5 Å². The molecule has 5 nitrogen and oxygen atoms in total. The number of hydrogen-bond acceptors (Lipinski definition) is 5. The Balaban J connectivity index is 1.24. The Labute approximate surface area is 164 Å². The van der Waals surface area contributed by atoms with E-state index in [1.165, 1.54) is 37.7 Å². The Kier molecular flexibility index (Phi) is 13.2. The van der Waals surface area contributed by atoms with Gasteiger partial charge in [-0.1, -0.05) is 49.6 Å². The number of benzene rings is 1. The van der Waals surface area contributed by atoms with Gasteiger partial charge in [-0.15, -0.1) is 0 Å². The first-order valence-electron chi connectivity index (χ1n) is 10.4. The third-order valence-electron chi connectivity index (χ3n) is 4.68. The van der Waals surface area contributed by atoms with Crippen LogP contribution in [-0.2, 0) is 30.3 Å². The average Bonchev–Trinajstić information content (AvgIpc) is 2.72. The minimum Gasteiger partial charge on any atom is -0.379 e. The van der Waals surface area contributed by atoms with Crippen molar-refractivity contribution in [2.24, 2.45) is 5.92 Å². The largest absolute Gasteiger partial charge is 0.379 e. The van der Waals surface area contributed by atoms with E-state index in [4.69, 9.17) is 23.7 Å². The highest BCUT2D eigenvalue weighted by molar-refractivity contribution is 5.13. The molecule has 0 atom stereocenters. The molecule has 1 aromatic rings. The van der Waals surface area contributed by atoms with E-state index in [9.17, 15) is 0 Å². The smallest absolute Gasteiger partial charge is 0.0718 e. The zero-order chi connectivity index (χ0) is 18.8. The van der Waals surface area contributed by atoms with Crippen molar-refractivity contribution >= 4 is 0 Å². The lowest BCUT2D eigenvalue weighted by Crippen LogP contribution is -2.16. The molecule has 154 valence electrons. The van der Waals surface area contributed by atoms with Crippen LogP contribution in [0.25, 0.3) is 0 Å². The normalized spacial score (nSPS) is 15.3. The van der Waals surface area contributed by atoms with Crippen LogP contribution in [0.5, 0.6) is 0 Å². The summed E-state index contributed by atoms with van der Waals surface area (Å²) in [5.41, 5.74) is 1.18. The fraction of sp³-hybridized carbons (Fsp3) is 0.727. The lowest BCUT2D eigenvalue weighted by molar-refractivity contribution is -0.0157. The molecule has 1 aliphatic rings. The van der Waals surface area contributed by atoms with E-state index in [0.717, 1.165) is 12.5 Å². The number of hydrogen-bond donors (Lipinski definition) is 0. The van der Waals surface area contributed by atoms with E-state index in [-0.39, 0.29) is 0 Å². The molecule has 1 saturated carbocycles. The van der Waals surface area contributed by atoms with Crippen molar-refractivity contribution < 1.29 is 23.7 Å². The predicted molar refractivity (Wildman–Crippen MR) is 106 cm³/mol. The van der Waals surface area contributed by atoms with Crippen LogP contribution in [-0.4, -0.2) is 59.5 Å². The third-order valence-corrected chi connectivity index (χ3v) is 4.68. The molecule has 1 aromatic carbocycles. The molecule has 0 aliphatic heterocycles. The zero-order valence-electron chi connectivity index (χ0n) is 16.6. The minimum absolute atomic E-state index is 0.583. The second-order valence-electron chi connectivity index (χ2n) is 6.95. The first-order valence-corrected chi connectivity index (χ1v) is 10.4. The standard InChI is InChI=1S/C22H36O5/c1-3-7-21(8-4-1)19-26-17-15-24-13-11-23-12-14-25-16-18-27-20-22-9-5-2-6-10-22/h1,3-4,7-8,22H,2,5-6,9-20H2. The van der Waals surface area contributed by atoms with Gasteiger partial charge < -0.3 is 23.7 Å². The molecule has 1 aliphatic carbocycles. The van der Waals surface area contributed by atoms with Crippen molar-refractivity contribution in [3.63, 3.8) is 0 Å². The number of rotatable bonds is 16. The summed E-state index contributed by atoms with van der Waals surface area (Å²) in [4.78, 5) is 0. The van der Waals surface area contributed by atoms with E-state index in [2.05, 4.69) is 12.1 Å². The molecular formula is C22H36O5. The van der Waals surface area contributed by atoms with Crippen LogP contribution in [0.2, 0.25) is 0 Å². The maximum Gasteiger partial charge on any atom is 0.0718 e. The maximum atomic E-state index is 5.70. The van der Waals surface area contributed by atoms with Gasteiger partial charge in [0.2, 0.25) is 0 Å². The lowest BCUT2D eigenvalue weighted by atomic mass is 9.90. The van der Waals surface area contributed by atoms with Crippen molar-refractivity contribution in [1.29, 1.82) is 0 Å².